The Bertz CT molecular complexity index is 706. The monoisotopic (exact) mass is 321 g/mol. The third-order valence-corrected chi connectivity index (χ3v) is 7.32. The van der Waals surface area contributed by atoms with Crippen LogP contribution in [0.4, 0.5) is 5.69 Å². The van der Waals surface area contributed by atoms with Crippen LogP contribution in [-0.2, 0) is 14.8 Å². The summed E-state index contributed by atoms with van der Waals surface area (Å²) in [6, 6.07) is 7.24. The molecule has 1 aromatic rings. The van der Waals surface area contributed by atoms with Gasteiger partial charge in [-0.3, -0.25) is 9.52 Å². The molecule has 2 aliphatic carbocycles. The lowest BCUT2D eigenvalue weighted by Gasteiger charge is -2.36. The second kappa shape index (κ2) is 4.82. The lowest BCUT2D eigenvalue weighted by molar-refractivity contribution is -0.128. The van der Waals surface area contributed by atoms with Gasteiger partial charge in [-0.2, -0.15) is 0 Å². The van der Waals surface area contributed by atoms with Crippen LogP contribution < -0.4 is 4.72 Å². The number of anilines is 1. The highest BCUT2D eigenvalue weighted by molar-refractivity contribution is 7.92. The summed E-state index contributed by atoms with van der Waals surface area (Å²) in [5.74, 6) is 0.355. The van der Waals surface area contributed by atoms with Gasteiger partial charge < -0.3 is 0 Å². The Morgan fingerprint density at radius 1 is 1.23 bits per heavy atom. The second-order valence-electron chi connectivity index (χ2n) is 7.39. The van der Waals surface area contributed by atoms with Gasteiger partial charge >= 0.3 is 0 Å². The fourth-order valence-electron chi connectivity index (χ4n) is 4.27. The number of rotatable bonds is 4. The normalized spacial score (nSPS) is 29.8. The van der Waals surface area contributed by atoms with Crippen LogP contribution in [0.1, 0.15) is 38.7 Å². The maximum atomic E-state index is 12.6. The highest BCUT2D eigenvalue weighted by Crippen LogP contribution is 2.64. The Kier molecular flexibility index (Phi) is 3.40. The summed E-state index contributed by atoms with van der Waals surface area (Å²) in [4.78, 5) is 12.5. The van der Waals surface area contributed by atoms with Crippen LogP contribution in [0.15, 0.2) is 24.3 Å². The van der Waals surface area contributed by atoms with Gasteiger partial charge in [0.25, 0.3) is 0 Å². The van der Waals surface area contributed by atoms with Crippen molar-refractivity contribution < 1.29 is 13.2 Å². The molecule has 1 aromatic carbocycles. The van der Waals surface area contributed by atoms with E-state index in [1.807, 2.05) is 19.1 Å². The molecule has 2 bridgehead atoms. The SMILES string of the molecule is Cc1ccc(NS(=O)(=O)C[C@]23CC[C@H](CC2=O)C3(C)C)cc1. The number of hydrogen-bond acceptors (Lipinski definition) is 3. The smallest absolute Gasteiger partial charge is 0.233 e. The summed E-state index contributed by atoms with van der Waals surface area (Å²) in [6.07, 6.45) is 2.18. The van der Waals surface area contributed by atoms with Gasteiger partial charge in [-0.25, -0.2) is 8.42 Å². The molecular weight excluding hydrogens is 298 g/mol. The molecule has 0 heterocycles. The van der Waals surface area contributed by atoms with Crippen molar-refractivity contribution in [2.75, 3.05) is 10.5 Å². The molecule has 0 radical (unpaired) electrons. The van der Waals surface area contributed by atoms with Gasteiger partial charge in [-0.05, 0) is 43.2 Å². The molecule has 0 unspecified atom stereocenters. The first kappa shape index (κ1) is 15.5. The fraction of sp³-hybridized carbons (Fsp3) is 0.588. The van der Waals surface area contributed by atoms with Crippen LogP contribution in [0.3, 0.4) is 0 Å². The highest BCUT2D eigenvalue weighted by atomic mass is 32.2. The number of Topliss-reactive ketones (excluding diaryl/α,β-unsaturated/α-hetero) is 1. The summed E-state index contributed by atoms with van der Waals surface area (Å²) in [6.45, 7) is 6.06. The summed E-state index contributed by atoms with van der Waals surface area (Å²) in [5.41, 5.74) is 0.687. The zero-order chi connectivity index (χ0) is 16.2. The third kappa shape index (κ3) is 2.26. The van der Waals surface area contributed by atoms with Crippen LogP contribution >= 0.6 is 0 Å². The predicted molar refractivity (Wildman–Crippen MR) is 87.2 cm³/mol. The molecule has 3 rings (SSSR count). The Hall–Kier alpha value is -1.36. The Balaban J connectivity index is 1.85. The molecule has 4 nitrogen and oxygen atoms in total. The first-order valence-corrected chi connectivity index (χ1v) is 9.42. The van der Waals surface area contributed by atoms with Gasteiger partial charge in [0, 0.05) is 12.1 Å². The molecule has 120 valence electrons. The number of fused-ring (bicyclic) bond motifs is 2. The number of hydrogen-bond donors (Lipinski definition) is 1. The minimum Gasteiger partial charge on any atom is -0.299 e. The van der Waals surface area contributed by atoms with Crippen molar-refractivity contribution in [3.05, 3.63) is 29.8 Å². The topological polar surface area (TPSA) is 63.2 Å². The first-order chi connectivity index (χ1) is 10.2. The number of nitrogens with one attached hydrogen (secondary N) is 1. The van der Waals surface area contributed by atoms with E-state index in [4.69, 9.17) is 0 Å². The Morgan fingerprint density at radius 2 is 1.86 bits per heavy atom. The van der Waals surface area contributed by atoms with E-state index in [9.17, 15) is 13.2 Å². The number of carbonyl (C=O) groups excluding carboxylic acids is 1. The highest BCUT2D eigenvalue weighted by Gasteiger charge is 2.65. The number of carbonyl (C=O) groups is 1. The molecule has 22 heavy (non-hydrogen) atoms. The van der Waals surface area contributed by atoms with Crippen molar-refractivity contribution in [2.45, 2.75) is 40.0 Å². The number of ketones is 1. The summed E-state index contributed by atoms with van der Waals surface area (Å²) in [7, 11) is -3.55. The molecule has 0 saturated heterocycles. The summed E-state index contributed by atoms with van der Waals surface area (Å²) < 4.78 is 27.8. The molecule has 1 N–H and O–H groups in total. The molecule has 0 aromatic heterocycles. The molecule has 0 amide bonds. The first-order valence-electron chi connectivity index (χ1n) is 7.77. The minimum atomic E-state index is -3.55. The van der Waals surface area contributed by atoms with Crippen molar-refractivity contribution in [1.82, 2.24) is 0 Å². The van der Waals surface area contributed by atoms with Gasteiger partial charge in [0.2, 0.25) is 10.0 Å². The molecular formula is C17H23NO3S. The molecule has 0 spiro atoms. The zero-order valence-corrected chi connectivity index (χ0v) is 14.2. The van der Waals surface area contributed by atoms with E-state index in [0.29, 0.717) is 24.4 Å². The summed E-state index contributed by atoms with van der Waals surface area (Å²) in [5, 5.41) is 0. The minimum absolute atomic E-state index is 0.101. The van der Waals surface area contributed by atoms with Crippen LogP contribution in [0.5, 0.6) is 0 Å². The van der Waals surface area contributed by atoms with Crippen LogP contribution in [-0.4, -0.2) is 20.0 Å². The largest absolute Gasteiger partial charge is 0.299 e. The molecule has 2 atom stereocenters. The number of aryl methyl sites for hydroxylation is 1. The van der Waals surface area contributed by atoms with E-state index >= 15 is 0 Å². The van der Waals surface area contributed by atoms with E-state index in [-0.39, 0.29) is 17.0 Å². The Labute approximate surface area is 132 Å². The molecule has 0 aliphatic heterocycles. The van der Waals surface area contributed by atoms with Crippen molar-refractivity contribution in [3.8, 4) is 0 Å². The van der Waals surface area contributed by atoms with Gasteiger partial charge in [-0.1, -0.05) is 31.5 Å². The fourth-order valence-corrected chi connectivity index (χ4v) is 6.16. The maximum Gasteiger partial charge on any atom is 0.233 e. The van der Waals surface area contributed by atoms with E-state index in [0.717, 1.165) is 12.0 Å². The lowest BCUT2D eigenvalue weighted by Crippen LogP contribution is -2.43. The van der Waals surface area contributed by atoms with Crippen LogP contribution in [0.2, 0.25) is 0 Å². The zero-order valence-electron chi connectivity index (χ0n) is 13.3. The van der Waals surface area contributed by atoms with Crippen LogP contribution in [0.25, 0.3) is 0 Å². The van der Waals surface area contributed by atoms with Gasteiger partial charge in [-0.15, -0.1) is 0 Å². The van der Waals surface area contributed by atoms with Gasteiger partial charge in [0.05, 0.1) is 11.2 Å². The van der Waals surface area contributed by atoms with E-state index in [2.05, 4.69) is 18.6 Å². The van der Waals surface area contributed by atoms with Crippen molar-refractivity contribution in [1.29, 1.82) is 0 Å². The molecule has 2 aliphatic rings. The maximum absolute atomic E-state index is 12.6. The predicted octanol–water partition coefficient (Wildman–Crippen LogP) is 3.13. The quantitative estimate of drug-likeness (QED) is 0.926. The molecule has 5 heteroatoms. The van der Waals surface area contributed by atoms with Crippen LogP contribution in [0, 0.1) is 23.7 Å². The number of sulfonamides is 1. The van der Waals surface area contributed by atoms with E-state index < -0.39 is 15.4 Å². The van der Waals surface area contributed by atoms with Gasteiger partial charge in [0.1, 0.15) is 5.78 Å². The van der Waals surface area contributed by atoms with Crippen molar-refractivity contribution >= 4 is 21.5 Å². The summed E-state index contributed by atoms with van der Waals surface area (Å²) >= 11 is 0. The second-order valence-corrected chi connectivity index (χ2v) is 9.12. The number of benzene rings is 1. The average molecular weight is 321 g/mol. The Morgan fingerprint density at radius 3 is 2.36 bits per heavy atom. The van der Waals surface area contributed by atoms with E-state index in [1.165, 1.54) is 0 Å². The molecule has 2 saturated carbocycles. The average Bonchev–Trinajstić information content (AvgIpc) is 2.74. The van der Waals surface area contributed by atoms with Crippen molar-refractivity contribution in [3.63, 3.8) is 0 Å². The molecule has 2 fully saturated rings. The lowest BCUT2D eigenvalue weighted by atomic mass is 9.70. The third-order valence-electron chi connectivity index (χ3n) is 5.90. The van der Waals surface area contributed by atoms with Crippen molar-refractivity contribution in [2.24, 2.45) is 16.7 Å². The standard InChI is InChI=1S/C17H23NO3S/c1-12-4-6-14(7-5-12)18-22(20,21)11-17-9-8-13(10-15(17)19)16(17,2)3/h4-7,13,18H,8-11H2,1-3H3/t13-,17-/m1/s1. The van der Waals surface area contributed by atoms with E-state index in [1.54, 1.807) is 12.1 Å². The van der Waals surface area contributed by atoms with Gasteiger partial charge in [0.15, 0.2) is 0 Å².